The first-order chi connectivity index (χ1) is 19.1. The maximum atomic E-state index is 13.3. The van der Waals surface area contributed by atoms with Gasteiger partial charge >= 0.3 is 5.97 Å². The molecule has 0 aliphatic carbocycles. The van der Waals surface area contributed by atoms with E-state index in [1.807, 2.05) is 11.8 Å². The van der Waals surface area contributed by atoms with Crippen LogP contribution in [0.3, 0.4) is 0 Å². The molecular formula is C30H58N2O10. The van der Waals surface area contributed by atoms with E-state index in [1.54, 1.807) is 41.7 Å². The van der Waals surface area contributed by atoms with Crippen LogP contribution in [-0.4, -0.2) is 135 Å². The third-order valence-corrected chi connectivity index (χ3v) is 9.60. The molecule has 2 saturated heterocycles. The fourth-order valence-corrected chi connectivity index (χ4v) is 6.84. The summed E-state index contributed by atoms with van der Waals surface area (Å²) in [6.07, 6.45) is -7.02. The van der Waals surface area contributed by atoms with Gasteiger partial charge in [-0.1, -0.05) is 20.8 Å². The highest BCUT2D eigenvalue weighted by atomic mass is 16.7. The highest BCUT2D eigenvalue weighted by Gasteiger charge is 2.50. The van der Waals surface area contributed by atoms with Crippen LogP contribution in [0.25, 0.3) is 0 Å². The second kappa shape index (κ2) is 14.0. The number of aliphatic hydroxyl groups excluding tert-OH is 3. The molecule has 5 N–H and O–H groups in total. The van der Waals surface area contributed by atoms with Gasteiger partial charge in [-0.05, 0) is 60.4 Å². The summed E-state index contributed by atoms with van der Waals surface area (Å²) in [6.45, 7) is 13.8. The fraction of sp³-hybridized carbons (Fsp3) is 0.967. The summed E-state index contributed by atoms with van der Waals surface area (Å²) < 4.78 is 17.2. The molecule has 12 heteroatoms. The number of carbonyl (C=O) groups is 1. The summed E-state index contributed by atoms with van der Waals surface area (Å²) >= 11 is 0. The van der Waals surface area contributed by atoms with Gasteiger partial charge < -0.3 is 54.5 Å². The van der Waals surface area contributed by atoms with Gasteiger partial charge in [-0.15, -0.1) is 0 Å². The number of quaternary nitrogens is 1. The molecule has 14 atom stereocenters. The number of likely N-dealkylation sites (N-methyl/N-ethyl adjacent to an activating group) is 2. The Morgan fingerprint density at radius 2 is 1.64 bits per heavy atom. The third kappa shape index (κ3) is 8.41. The molecule has 2 fully saturated rings. The minimum atomic E-state index is -1.77. The number of cyclic esters (lactones) is 1. The molecular weight excluding hydrogens is 548 g/mol. The van der Waals surface area contributed by atoms with Crippen molar-refractivity contribution in [2.45, 2.75) is 141 Å². The number of rotatable bonds is 4. The quantitative estimate of drug-likeness (QED) is 0.176. The number of esters is 1. The van der Waals surface area contributed by atoms with Crippen LogP contribution >= 0.6 is 0 Å². The molecule has 0 aromatic heterocycles. The maximum absolute atomic E-state index is 13.3. The molecule has 42 heavy (non-hydrogen) atoms. The lowest BCUT2D eigenvalue weighted by Crippen LogP contribution is -2.62. The monoisotopic (exact) mass is 606 g/mol. The highest BCUT2D eigenvalue weighted by Crippen LogP contribution is 2.37. The van der Waals surface area contributed by atoms with Gasteiger partial charge in [0.1, 0.15) is 23.9 Å². The van der Waals surface area contributed by atoms with Crippen molar-refractivity contribution in [1.82, 2.24) is 4.90 Å². The zero-order chi connectivity index (χ0) is 32.5. The van der Waals surface area contributed by atoms with Crippen LogP contribution < -0.4 is 0 Å². The smallest absolute Gasteiger partial charge is 0.311 e. The van der Waals surface area contributed by atoms with Crippen molar-refractivity contribution in [2.75, 3.05) is 27.7 Å². The highest BCUT2D eigenvalue weighted by molar-refractivity contribution is 5.73. The zero-order valence-electron chi connectivity index (χ0n) is 27.4. The van der Waals surface area contributed by atoms with E-state index in [0.717, 1.165) is 0 Å². The number of nitrogens with zero attached hydrogens (tertiary/aromatic N) is 2. The molecule has 0 saturated carbocycles. The van der Waals surface area contributed by atoms with Gasteiger partial charge in [0.25, 0.3) is 0 Å². The summed E-state index contributed by atoms with van der Waals surface area (Å²) in [7, 11) is 4.69. The van der Waals surface area contributed by atoms with Gasteiger partial charge in [0.05, 0.1) is 43.9 Å². The third-order valence-electron chi connectivity index (χ3n) is 9.60. The van der Waals surface area contributed by atoms with Crippen molar-refractivity contribution < 1.29 is 49.2 Å². The molecule has 0 spiro atoms. The topological polar surface area (TPSA) is 172 Å². The number of hydroxylamine groups is 3. The lowest BCUT2D eigenvalue weighted by molar-refractivity contribution is -0.874. The van der Waals surface area contributed by atoms with Crippen molar-refractivity contribution in [2.24, 2.45) is 17.8 Å². The molecule has 0 unspecified atom stereocenters. The molecule has 2 aliphatic heterocycles. The molecule has 0 bridgehead atoms. The van der Waals surface area contributed by atoms with Gasteiger partial charge in [0.2, 0.25) is 0 Å². The summed E-state index contributed by atoms with van der Waals surface area (Å²) in [5, 5.41) is 69.8. The van der Waals surface area contributed by atoms with E-state index < -0.39 is 88.7 Å². The number of hydrogen-bond donors (Lipinski definition) is 5. The SMILES string of the molecule is CC[C@@H]1OC(=O)[C@H](C)[C@@H](O)[C@H](C)[C@@H](O[C@@H]2O[C@H](C)C[C@H]([N+](C)(C)[O-])[C@H]2O)[C@](C)(O)C[C@@H](C)CN(C)[C@@H](C)[C@@H](O)[C@]1(C)O. The molecule has 2 rings (SSSR count). The minimum absolute atomic E-state index is 0.149. The zero-order valence-corrected chi connectivity index (χ0v) is 27.4. The lowest BCUT2D eigenvalue weighted by atomic mass is 9.78. The number of ether oxygens (including phenoxy) is 3. The lowest BCUT2D eigenvalue weighted by Gasteiger charge is -2.50. The van der Waals surface area contributed by atoms with Gasteiger partial charge in [-0.25, -0.2) is 0 Å². The van der Waals surface area contributed by atoms with Gasteiger partial charge in [-0.2, -0.15) is 0 Å². The molecule has 0 aromatic carbocycles. The van der Waals surface area contributed by atoms with Crippen LogP contribution in [0, 0.1) is 23.0 Å². The largest absolute Gasteiger partial charge is 0.633 e. The number of aliphatic hydroxyl groups is 5. The Hall–Kier alpha value is -0.930. The van der Waals surface area contributed by atoms with Crippen molar-refractivity contribution in [3.05, 3.63) is 5.21 Å². The summed E-state index contributed by atoms with van der Waals surface area (Å²) in [5.41, 5.74) is -3.35. The second-order valence-electron chi connectivity index (χ2n) is 14.1. The van der Waals surface area contributed by atoms with Crippen LogP contribution in [0.5, 0.6) is 0 Å². The summed E-state index contributed by atoms with van der Waals surface area (Å²) in [6, 6.07) is -1.27. The Kier molecular flexibility index (Phi) is 12.4. The average molecular weight is 607 g/mol. The molecule has 0 amide bonds. The predicted molar refractivity (Wildman–Crippen MR) is 157 cm³/mol. The van der Waals surface area contributed by atoms with Crippen molar-refractivity contribution >= 4 is 5.97 Å². The molecule has 2 aliphatic rings. The summed E-state index contributed by atoms with van der Waals surface area (Å²) in [4.78, 5) is 15.2. The molecule has 2 heterocycles. The Balaban J connectivity index is 2.54. The van der Waals surface area contributed by atoms with E-state index in [-0.39, 0.29) is 18.8 Å². The minimum Gasteiger partial charge on any atom is -0.633 e. The first kappa shape index (κ1) is 37.3. The van der Waals surface area contributed by atoms with Crippen molar-refractivity contribution in [1.29, 1.82) is 0 Å². The van der Waals surface area contributed by atoms with Crippen LogP contribution in [-0.2, 0) is 19.0 Å². The number of carbonyl (C=O) groups excluding carboxylic acids is 1. The van der Waals surface area contributed by atoms with E-state index >= 15 is 0 Å². The van der Waals surface area contributed by atoms with Crippen LogP contribution in [0.15, 0.2) is 0 Å². The molecule has 248 valence electrons. The van der Waals surface area contributed by atoms with E-state index in [2.05, 4.69) is 0 Å². The van der Waals surface area contributed by atoms with Crippen molar-refractivity contribution in [3.63, 3.8) is 0 Å². The predicted octanol–water partition coefficient (Wildman–Crippen LogP) is 0.988. The normalized spacial score (nSPS) is 47.8. The van der Waals surface area contributed by atoms with Gasteiger partial charge in [-0.3, -0.25) is 4.79 Å². The van der Waals surface area contributed by atoms with Crippen LogP contribution in [0.1, 0.15) is 74.7 Å². The van der Waals surface area contributed by atoms with E-state index in [4.69, 9.17) is 14.2 Å². The number of hydrogen-bond acceptors (Lipinski definition) is 11. The summed E-state index contributed by atoms with van der Waals surface area (Å²) in [5.74, 6) is -2.87. The fourth-order valence-electron chi connectivity index (χ4n) is 6.84. The molecule has 12 nitrogen and oxygen atoms in total. The first-order valence-electron chi connectivity index (χ1n) is 15.3. The standard InChI is InChI=1S/C30H58N2O10/c1-12-22-30(8,38)25(35)20(6)31(9)15-16(2)14-29(7,37)26(18(4)23(33)19(5)27(36)41-22)42-28-24(34)21(32(10,11)39)13-17(3)40-28/h16-26,28,33-35,37-38H,12-15H2,1-11H3/t16-,17-,18+,19-,20+,21+,22+,23+,24-,25-,26-,28+,29-,30-/m1/s1. The first-order valence-corrected chi connectivity index (χ1v) is 15.3. The Morgan fingerprint density at radius 1 is 1.07 bits per heavy atom. The Labute approximate surface area is 251 Å². The molecule has 0 radical (unpaired) electrons. The Morgan fingerprint density at radius 3 is 2.17 bits per heavy atom. The van der Waals surface area contributed by atoms with Gasteiger partial charge in [0.15, 0.2) is 12.4 Å². The van der Waals surface area contributed by atoms with Crippen LogP contribution in [0.4, 0.5) is 0 Å². The second-order valence-corrected chi connectivity index (χ2v) is 14.1. The van der Waals surface area contributed by atoms with E-state index in [9.17, 15) is 35.5 Å². The van der Waals surface area contributed by atoms with E-state index in [1.165, 1.54) is 27.9 Å². The van der Waals surface area contributed by atoms with Crippen LogP contribution in [0.2, 0.25) is 0 Å². The van der Waals surface area contributed by atoms with Gasteiger partial charge in [0, 0.05) is 24.9 Å². The Bertz CT molecular complexity index is 881. The molecule has 0 aromatic rings. The average Bonchev–Trinajstić information content (AvgIpc) is 2.87. The maximum Gasteiger partial charge on any atom is 0.311 e. The van der Waals surface area contributed by atoms with E-state index in [0.29, 0.717) is 13.0 Å². The van der Waals surface area contributed by atoms with Crippen molar-refractivity contribution in [3.8, 4) is 0 Å².